The van der Waals surface area contributed by atoms with Crippen LogP contribution in [-0.4, -0.2) is 47.8 Å². The summed E-state index contributed by atoms with van der Waals surface area (Å²) < 4.78 is 11.4. The third-order valence-electron chi connectivity index (χ3n) is 3.52. The third-order valence-corrected chi connectivity index (χ3v) is 7.77. The van der Waals surface area contributed by atoms with E-state index >= 15 is 0 Å². The average Bonchev–Trinajstić information content (AvgIpc) is 2.65. The molecule has 6 heteroatoms. The summed E-state index contributed by atoms with van der Waals surface area (Å²) in [6.07, 6.45) is 0.828. The second kappa shape index (κ2) is 11.6. The first kappa shape index (κ1) is 20.3. The summed E-state index contributed by atoms with van der Waals surface area (Å²) in [5.74, 6) is 0.812. The Morgan fingerprint density at radius 1 is 0.880 bits per heavy atom. The molecule has 0 amide bonds. The van der Waals surface area contributed by atoms with E-state index in [9.17, 15) is 0 Å². The number of halogens is 1. The minimum atomic E-state index is -0.703. The minimum absolute atomic E-state index is 0.00959. The summed E-state index contributed by atoms with van der Waals surface area (Å²) in [5.41, 5.74) is 0. The molecule has 0 aliphatic rings. The summed E-state index contributed by atoms with van der Waals surface area (Å²) in [6, 6.07) is 18.4. The van der Waals surface area contributed by atoms with Crippen molar-refractivity contribution in [1.82, 2.24) is 0 Å². The number of rotatable bonds is 11. The fourth-order valence-corrected chi connectivity index (χ4v) is 6.39. The van der Waals surface area contributed by atoms with Crippen LogP contribution in [0.4, 0.5) is 0 Å². The number of benzene rings is 2. The standard InChI is InChI=1S/C19H24BrO4P/c20-19(10-13-23-14-11-21)25(16-6-2-1-3-7-16)18-9-5-4-8-17(18)24-15-12-22/h1-9,19,21-22H,10-15H2. The third kappa shape index (κ3) is 6.36. The first-order valence-corrected chi connectivity index (χ1v) is 10.6. The fourth-order valence-electron chi connectivity index (χ4n) is 2.45. The first-order chi connectivity index (χ1) is 12.3. The molecule has 0 bridgehead atoms. The van der Waals surface area contributed by atoms with Crippen LogP contribution in [0.3, 0.4) is 0 Å². The van der Waals surface area contributed by atoms with Crippen molar-refractivity contribution in [2.24, 2.45) is 0 Å². The summed E-state index contributed by atoms with van der Waals surface area (Å²) in [6.45, 7) is 1.26. The summed E-state index contributed by atoms with van der Waals surface area (Å²) in [5, 5.41) is 20.3. The molecule has 2 atom stereocenters. The molecule has 0 aromatic heterocycles. The van der Waals surface area contributed by atoms with E-state index in [0.29, 0.717) is 13.2 Å². The SMILES string of the molecule is OCCOCCC(Br)P(c1ccccc1)c1ccccc1OCCO. The summed E-state index contributed by atoms with van der Waals surface area (Å²) in [7, 11) is -0.703. The molecule has 136 valence electrons. The van der Waals surface area contributed by atoms with Gasteiger partial charge in [0.05, 0.1) is 19.8 Å². The number of ether oxygens (including phenoxy) is 2. The molecule has 2 aromatic rings. The van der Waals surface area contributed by atoms with Gasteiger partial charge in [0.25, 0.3) is 0 Å². The maximum absolute atomic E-state index is 9.08. The van der Waals surface area contributed by atoms with Crippen molar-refractivity contribution in [3.8, 4) is 5.75 Å². The van der Waals surface area contributed by atoms with E-state index in [-0.39, 0.29) is 24.4 Å². The zero-order valence-corrected chi connectivity index (χ0v) is 16.5. The van der Waals surface area contributed by atoms with Crippen LogP contribution in [0.25, 0.3) is 0 Å². The topological polar surface area (TPSA) is 58.9 Å². The largest absolute Gasteiger partial charge is 0.491 e. The molecule has 2 N–H and O–H groups in total. The Labute approximate surface area is 158 Å². The number of para-hydroxylation sites is 1. The van der Waals surface area contributed by atoms with Crippen molar-refractivity contribution in [2.45, 2.75) is 11.0 Å². The Morgan fingerprint density at radius 2 is 1.56 bits per heavy atom. The van der Waals surface area contributed by atoms with Gasteiger partial charge < -0.3 is 19.7 Å². The molecule has 0 saturated carbocycles. The molecule has 0 fully saturated rings. The highest BCUT2D eigenvalue weighted by atomic mass is 79.9. The Hall–Kier alpha value is -0.970. The van der Waals surface area contributed by atoms with Gasteiger partial charge in [-0.05, 0) is 25.7 Å². The van der Waals surface area contributed by atoms with Gasteiger partial charge in [-0.15, -0.1) is 0 Å². The Morgan fingerprint density at radius 3 is 2.28 bits per heavy atom. The van der Waals surface area contributed by atoms with Crippen molar-refractivity contribution < 1.29 is 19.7 Å². The molecule has 0 heterocycles. The second-order valence-corrected chi connectivity index (χ2v) is 9.48. The molecule has 0 aliphatic carbocycles. The second-order valence-electron chi connectivity index (χ2n) is 5.30. The maximum atomic E-state index is 9.08. The van der Waals surface area contributed by atoms with Crippen molar-refractivity contribution in [2.75, 3.05) is 33.0 Å². The molecule has 0 saturated heterocycles. The van der Waals surface area contributed by atoms with Gasteiger partial charge in [0, 0.05) is 16.5 Å². The van der Waals surface area contributed by atoms with E-state index in [0.717, 1.165) is 17.5 Å². The van der Waals surface area contributed by atoms with E-state index in [2.05, 4.69) is 34.1 Å². The van der Waals surface area contributed by atoms with Gasteiger partial charge >= 0.3 is 0 Å². The number of aliphatic hydroxyl groups is 2. The zero-order valence-electron chi connectivity index (χ0n) is 14.1. The molecule has 0 radical (unpaired) electrons. The van der Waals surface area contributed by atoms with E-state index < -0.39 is 7.92 Å². The molecule has 0 aliphatic heterocycles. The number of aliphatic hydroxyl groups excluding tert-OH is 2. The maximum Gasteiger partial charge on any atom is 0.127 e. The van der Waals surface area contributed by atoms with Gasteiger partial charge in [-0.3, -0.25) is 0 Å². The number of hydrogen-bond donors (Lipinski definition) is 2. The van der Waals surface area contributed by atoms with Crippen LogP contribution in [0.2, 0.25) is 0 Å². The number of alkyl halides is 1. The molecule has 4 nitrogen and oxygen atoms in total. The van der Waals surface area contributed by atoms with Crippen LogP contribution in [0.1, 0.15) is 6.42 Å². The molecule has 2 unspecified atom stereocenters. The van der Waals surface area contributed by atoms with E-state index in [1.54, 1.807) is 0 Å². The van der Waals surface area contributed by atoms with E-state index in [1.807, 2.05) is 36.4 Å². The highest BCUT2D eigenvalue weighted by Crippen LogP contribution is 2.46. The Kier molecular flexibility index (Phi) is 9.45. The molecule has 2 rings (SSSR count). The molecule has 2 aromatic carbocycles. The minimum Gasteiger partial charge on any atom is -0.491 e. The van der Waals surface area contributed by atoms with Crippen LogP contribution in [0, 0.1) is 0 Å². The number of hydrogen-bond acceptors (Lipinski definition) is 4. The van der Waals surface area contributed by atoms with Gasteiger partial charge in [0.2, 0.25) is 0 Å². The monoisotopic (exact) mass is 426 g/mol. The van der Waals surface area contributed by atoms with Crippen LogP contribution in [-0.2, 0) is 4.74 Å². The van der Waals surface area contributed by atoms with Crippen molar-refractivity contribution in [1.29, 1.82) is 0 Å². The smallest absolute Gasteiger partial charge is 0.127 e. The van der Waals surface area contributed by atoms with Crippen LogP contribution in [0.5, 0.6) is 5.75 Å². The van der Waals surface area contributed by atoms with Gasteiger partial charge in [-0.25, -0.2) is 0 Å². The lowest BCUT2D eigenvalue weighted by Crippen LogP contribution is -2.21. The lowest BCUT2D eigenvalue weighted by molar-refractivity contribution is 0.0926. The van der Waals surface area contributed by atoms with Gasteiger partial charge in [0.1, 0.15) is 12.4 Å². The lowest BCUT2D eigenvalue weighted by Gasteiger charge is -2.26. The highest BCUT2D eigenvalue weighted by molar-refractivity contribution is 9.10. The van der Waals surface area contributed by atoms with Gasteiger partial charge in [0.15, 0.2) is 0 Å². The molecule has 0 spiro atoms. The van der Waals surface area contributed by atoms with Crippen LogP contribution in [0.15, 0.2) is 54.6 Å². The van der Waals surface area contributed by atoms with Crippen molar-refractivity contribution in [3.63, 3.8) is 0 Å². The predicted octanol–water partition coefficient (Wildman–Crippen LogP) is 2.61. The van der Waals surface area contributed by atoms with Crippen molar-refractivity contribution in [3.05, 3.63) is 54.6 Å². The average molecular weight is 427 g/mol. The quantitative estimate of drug-likeness (QED) is 0.329. The Bertz CT molecular complexity index is 611. The van der Waals surface area contributed by atoms with Gasteiger partial charge in [-0.1, -0.05) is 64.5 Å². The predicted molar refractivity (Wildman–Crippen MR) is 107 cm³/mol. The normalized spacial score (nSPS) is 13.4. The molecular formula is C19H24BrO4P. The fraction of sp³-hybridized carbons (Fsp3) is 0.368. The Balaban J connectivity index is 2.26. The van der Waals surface area contributed by atoms with Crippen LogP contribution >= 0.6 is 23.9 Å². The zero-order chi connectivity index (χ0) is 17.9. The first-order valence-electron chi connectivity index (χ1n) is 8.27. The van der Waals surface area contributed by atoms with Gasteiger partial charge in [-0.2, -0.15) is 0 Å². The molecular weight excluding hydrogens is 403 g/mol. The van der Waals surface area contributed by atoms with Crippen molar-refractivity contribution >= 4 is 34.5 Å². The highest BCUT2D eigenvalue weighted by Gasteiger charge is 2.25. The summed E-state index contributed by atoms with van der Waals surface area (Å²) in [4.78, 5) is 0. The summed E-state index contributed by atoms with van der Waals surface area (Å²) >= 11 is 3.85. The van der Waals surface area contributed by atoms with Crippen LogP contribution < -0.4 is 15.3 Å². The van der Waals surface area contributed by atoms with E-state index in [1.165, 1.54) is 5.30 Å². The molecule has 25 heavy (non-hydrogen) atoms. The lowest BCUT2D eigenvalue weighted by atomic mass is 10.3. The van der Waals surface area contributed by atoms with E-state index in [4.69, 9.17) is 19.7 Å².